The Kier molecular flexibility index (Phi) is 3.56. The number of rotatable bonds is 5. The van der Waals surface area contributed by atoms with E-state index >= 15 is 0 Å². The summed E-state index contributed by atoms with van der Waals surface area (Å²) in [6, 6.07) is 5.86. The molecule has 23 heavy (non-hydrogen) atoms. The second kappa shape index (κ2) is 5.10. The molecule has 3 atom stereocenters. The van der Waals surface area contributed by atoms with Gasteiger partial charge in [-0.1, -0.05) is 31.7 Å². The van der Waals surface area contributed by atoms with E-state index < -0.39 is 5.54 Å². The van der Waals surface area contributed by atoms with Gasteiger partial charge in [-0.25, -0.2) is 0 Å². The Labute approximate surface area is 139 Å². The summed E-state index contributed by atoms with van der Waals surface area (Å²) < 4.78 is 0. The first kappa shape index (κ1) is 16.1. The van der Waals surface area contributed by atoms with Crippen LogP contribution >= 0.6 is 0 Å². The van der Waals surface area contributed by atoms with Gasteiger partial charge in [0.1, 0.15) is 0 Å². The Morgan fingerprint density at radius 1 is 1.48 bits per heavy atom. The zero-order chi connectivity index (χ0) is 17.0. The molecule has 1 aliphatic heterocycles. The van der Waals surface area contributed by atoms with Crippen LogP contribution in [0.5, 0.6) is 0 Å². The summed E-state index contributed by atoms with van der Waals surface area (Å²) in [5.41, 5.74) is 10.1. The minimum Gasteiger partial charge on any atom is -0.398 e. The van der Waals surface area contributed by atoms with Crippen LogP contribution in [0.2, 0.25) is 0 Å². The van der Waals surface area contributed by atoms with E-state index in [-0.39, 0.29) is 0 Å². The molecule has 0 spiro atoms. The van der Waals surface area contributed by atoms with Crippen LogP contribution in [0.1, 0.15) is 31.9 Å². The van der Waals surface area contributed by atoms with Gasteiger partial charge in [0, 0.05) is 29.4 Å². The van der Waals surface area contributed by atoms with Gasteiger partial charge in [-0.15, -0.1) is 0 Å². The molecule has 1 aliphatic carbocycles. The number of benzene rings is 1. The van der Waals surface area contributed by atoms with Crippen LogP contribution in [0.3, 0.4) is 0 Å². The molecular formula is C19H28N4. The lowest BCUT2D eigenvalue weighted by molar-refractivity contribution is 0.476. The molecule has 4 nitrogen and oxygen atoms in total. The van der Waals surface area contributed by atoms with Gasteiger partial charge in [-0.05, 0) is 44.2 Å². The van der Waals surface area contributed by atoms with E-state index in [2.05, 4.69) is 24.1 Å². The molecule has 2 fully saturated rings. The molecule has 2 aliphatic rings. The van der Waals surface area contributed by atoms with E-state index in [1.165, 1.54) is 0 Å². The fourth-order valence-electron chi connectivity index (χ4n) is 4.17. The van der Waals surface area contributed by atoms with Crippen LogP contribution in [0.4, 0.5) is 5.69 Å². The Bertz CT molecular complexity index is 676. The summed E-state index contributed by atoms with van der Waals surface area (Å²) in [6.07, 6.45) is 0. The van der Waals surface area contributed by atoms with Crippen LogP contribution in [-0.4, -0.2) is 24.3 Å². The number of nitrogens with one attached hydrogen (secondary N) is 3. The topological polar surface area (TPSA) is 73.9 Å². The molecule has 4 heteroatoms. The number of piperidine rings is 1. The molecule has 1 aromatic rings. The first-order valence-corrected chi connectivity index (χ1v) is 8.30. The van der Waals surface area contributed by atoms with Crippen LogP contribution in [0.15, 0.2) is 30.5 Å². The summed E-state index contributed by atoms with van der Waals surface area (Å²) in [7, 11) is 0. The molecule has 0 bridgehead atoms. The van der Waals surface area contributed by atoms with Gasteiger partial charge < -0.3 is 21.8 Å². The number of allylic oxidation sites excluding steroid dienone is 1. The number of hydrogen-bond donors (Lipinski definition) is 4. The minimum absolute atomic E-state index is 0.338. The predicted octanol–water partition coefficient (Wildman–Crippen LogP) is 2.68. The van der Waals surface area contributed by atoms with Crippen molar-refractivity contribution in [1.29, 1.82) is 5.41 Å². The van der Waals surface area contributed by atoms with Gasteiger partial charge in [0.05, 0.1) is 11.3 Å². The molecule has 1 saturated carbocycles. The molecule has 5 N–H and O–H groups in total. The number of aryl methyl sites for hydroxylation is 1. The fourth-order valence-corrected chi connectivity index (χ4v) is 4.17. The average Bonchev–Trinajstić information content (AvgIpc) is 2.87. The maximum atomic E-state index is 8.64. The maximum absolute atomic E-state index is 8.64. The van der Waals surface area contributed by atoms with E-state index in [1.54, 1.807) is 0 Å². The number of nitrogen functional groups attached to an aromatic ring is 1. The maximum Gasteiger partial charge on any atom is 0.0736 e. The normalized spacial score (nSPS) is 29.0. The largest absolute Gasteiger partial charge is 0.398 e. The van der Waals surface area contributed by atoms with Crippen molar-refractivity contribution in [3.05, 3.63) is 41.6 Å². The third-order valence-electron chi connectivity index (χ3n) is 5.79. The first-order chi connectivity index (χ1) is 10.7. The van der Waals surface area contributed by atoms with Crippen molar-refractivity contribution in [2.75, 3.05) is 18.8 Å². The van der Waals surface area contributed by atoms with E-state index in [9.17, 15) is 0 Å². The van der Waals surface area contributed by atoms with Gasteiger partial charge >= 0.3 is 0 Å². The lowest BCUT2D eigenvalue weighted by atomic mass is 9.89. The Hall–Kier alpha value is -1.81. The number of para-hydroxylation sites is 1. The van der Waals surface area contributed by atoms with Crippen LogP contribution in [0.25, 0.3) is 0 Å². The van der Waals surface area contributed by atoms with Crippen molar-refractivity contribution in [3.8, 4) is 0 Å². The highest BCUT2D eigenvalue weighted by atomic mass is 15.1. The highest BCUT2D eigenvalue weighted by Crippen LogP contribution is 2.63. The monoisotopic (exact) mass is 312 g/mol. The second-order valence-electron chi connectivity index (χ2n) is 7.91. The third kappa shape index (κ3) is 2.45. The van der Waals surface area contributed by atoms with Crippen molar-refractivity contribution >= 4 is 11.4 Å². The number of nitrogens with two attached hydrogens (primary N) is 1. The fraction of sp³-hybridized carbons (Fsp3) is 0.526. The van der Waals surface area contributed by atoms with Crippen molar-refractivity contribution in [2.45, 2.75) is 33.2 Å². The lowest BCUT2D eigenvalue weighted by Gasteiger charge is -2.31. The van der Waals surface area contributed by atoms with Gasteiger partial charge in [0.25, 0.3) is 0 Å². The van der Waals surface area contributed by atoms with E-state index in [0.717, 1.165) is 29.9 Å². The van der Waals surface area contributed by atoms with Gasteiger partial charge in [-0.3, -0.25) is 0 Å². The molecule has 0 amide bonds. The van der Waals surface area contributed by atoms with Crippen molar-refractivity contribution in [2.24, 2.45) is 17.3 Å². The molecule has 124 valence electrons. The molecule has 3 rings (SSSR count). The third-order valence-corrected chi connectivity index (χ3v) is 5.79. The second-order valence-corrected chi connectivity index (χ2v) is 7.91. The molecule has 0 radical (unpaired) electrons. The SMILES string of the molecule is C=C(NC(C)(C)C(=N)c1cccc(C)c1N)C1C2CNCC21C. The first-order valence-electron chi connectivity index (χ1n) is 8.30. The van der Waals surface area contributed by atoms with Crippen molar-refractivity contribution < 1.29 is 0 Å². The summed E-state index contributed by atoms with van der Waals surface area (Å²) in [4.78, 5) is 0. The van der Waals surface area contributed by atoms with E-state index in [0.29, 0.717) is 28.6 Å². The Morgan fingerprint density at radius 3 is 2.78 bits per heavy atom. The van der Waals surface area contributed by atoms with Gasteiger partial charge in [-0.2, -0.15) is 0 Å². The molecule has 1 heterocycles. The summed E-state index contributed by atoms with van der Waals surface area (Å²) in [5, 5.41) is 15.6. The average molecular weight is 312 g/mol. The Balaban J connectivity index is 1.75. The van der Waals surface area contributed by atoms with E-state index in [1.807, 2.05) is 39.0 Å². The summed E-state index contributed by atoms with van der Waals surface area (Å²) in [6.45, 7) is 14.8. The molecule has 1 saturated heterocycles. The molecular weight excluding hydrogens is 284 g/mol. The number of fused-ring (bicyclic) bond motifs is 1. The van der Waals surface area contributed by atoms with Crippen molar-refractivity contribution in [3.63, 3.8) is 0 Å². The van der Waals surface area contributed by atoms with Crippen LogP contribution < -0.4 is 16.4 Å². The molecule has 3 unspecified atom stereocenters. The standard InChI is InChI=1S/C19H28N4/c1-11-7-6-8-13(16(11)20)17(21)18(3,4)23-12(2)15-14-9-22-10-19(14,15)5/h6-8,14-15,21-23H,2,9-10,20H2,1,3-5H3. The van der Waals surface area contributed by atoms with Gasteiger partial charge in [0.2, 0.25) is 0 Å². The Morgan fingerprint density at radius 2 is 2.17 bits per heavy atom. The molecule has 0 aromatic heterocycles. The predicted molar refractivity (Wildman–Crippen MR) is 96.7 cm³/mol. The van der Waals surface area contributed by atoms with Crippen molar-refractivity contribution in [1.82, 2.24) is 10.6 Å². The summed E-state index contributed by atoms with van der Waals surface area (Å²) >= 11 is 0. The highest BCUT2D eigenvalue weighted by molar-refractivity contribution is 6.08. The number of hydrogen-bond acceptors (Lipinski definition) is 4. The van der Waals surface area contributed by atoms with E-state index in [4.69, 9.17) is 11.1 Å². The smallest absolute Gasteiger partial charge is 0.0736 e. The highest BCUT2D eigenvalue weighted by Gasteiger charge is 2.64. The molecule has 1 aromatic carbocycles. The van der Waals surface area contributed by atoms with Gasteiger partial charge in [0.15, 0.2) is 0 Å². The van der Waals surface area contributed by atoms with Crippen LogP contribution in [-0.2, 0) is 0 Å². The zero-order valence-electron chi connectivity index (χ0n) is 14.6. The summed E-state index contributed by atoms with van der Waals surface area (Å²) in [5.74, 6) is 1.18. The zero-order valence-corrected chi connectivity index (χ0v) is 14.6. The number of anilines is 1. The lowest BCUT2D eigenvalue weighted by Crippen LogP contribution is -2.47. The minimum atomic E-state index is -0.500. The quantitative estimate of drug-likeness (QED) is 0.499. The van der Waals surface area contributed by atoms with Crippen LogP contribution in [0, 0.1) is 29.6 Å².